The lowest BCUT2D eigenvalue weighted by molar-refractivity contribution is 1.24. The quantitative estimate of drug-likeness (QED) is 0.472. The highest BCUT2D eigenvalue weighted by molar-refractivity contribution is 8.00. The molecule has 1 aromatic carbocycles. The van der Waals surface area contributed by atoms with Gasteiger partial charge in [-0.1, -0.05) is 17.7 Å². The van der Waals surface area contributed by atoms with Crippen molar-refractivity contribution in [1.29, 1.82) is 0 Å². The summed E-state index contributed by atoms with van der Waals surface area (Å²) in [6.45, 7) is 5.79. The summed E-state index contributed by atoms with van der Waals surface area (Å²) < 4.78 is 0. The second-order valence-corrected chi connectivity index (χ2v) is 4.60. The van der Waals surface area contributed by atoms with Crippen LogP contribution in [0.3, 0.4) is 0 Å². The van der Waals surface area contributed by atoms with E-state index >= 15 is 0 Å². The Morgan fingerprint density at radius 1 is 1.62 bits per heavy atom. The Balaban J connectivity index is 2.83. The van der Waals surface area contributed by atoms with Gasteiger partial charge < -0.3 is 5.73 Å². The van der Waals surface area contributed by atoms with E-state index < -0.39 is 0 Å². The van der Waals surface area contributed by atoms with E-state index in [-0.39, 0.29) is 0 Å². The van der Waals surface area contributed by atoms with E-state index in [0.29, 0.717) is 10.3 Å². The van der Waals surface area contributed by atoms with Crippen molar-refractivity contribution in [3.05, 3.63) is 35.9 Å². The summed E-state index contributed by atoms with van der Waals surface area (Å²) in [6, 6.07) is 5.54. The average molecular weight is 214 g/mol. The van der Waals surface area contributed by atoms with Crippen LogP contribution in [0.1, 0.15) is 6.92 Å². The molecule has 0 bridgehead atoms. The van der Waals surface area contributed by atoms with Crippen molar-refractivity contribution in [2.75, 3.05) is 5.73 Å². The molecule has 1 rings (SSSR count). The molecule has 1 aromatic rings. The zero-order chi connectivity index (χ0) is 9.84. The standard InChI is InChI=1S/C10H12ClNS/c1-3-7(2)13-10-5-4-8(11)6-9(10)12/h3-7H,1,12H2,2H3. The van der Waals surface area contributed by atoms with E-state index in [2.05, 4.69) is 13.5 Å². The number of hydrogen-bond acceptors (Lipinski definition) is 2. The van der Waals surface area contributed by atoms with Gasteiger partial charge in [-0.05, 0) is 25.1 Å². The van der Waals surface area contributed by atoms with Gasteiger partial charge in [-0.2, -0.15) is 0 Å². The summed E-state index contributed by atoms with van der Waals surface area (Å²) in [5, 5.41) is 1.04. The van der Waals surface area contributed by atoms with Crippen LogP contribution < -0.4 is 5.73 Å². The second-order valence-electron chi connectivity index (χ2n) is 2.74. The van der Waals surface area contributed by atoms with Crippen LogP contribution in [0.25, 0.3) is 0 Å². The zero-order valence-corrected chi connectivity index (χ0v) is 9.03. The SMILES string of the molecule is C=CC(C)Sc1ccc(Cl)cc1N. The zero-order valence-electron chi connectivity index (χ0n) is 7.46. The van der Waals surface area contributed by atoms with Crippen molar-refractivity contribution in [1.82, 2.24) is 0 Å². The Labute approximate surface area is 88.0 Å². The molecule has 1 nitrogen and oxygen atoms in total. The molecular weight excluding hydrogens is 202 g/mol. The van der Waals surface area contributed by atoms with Crippen molar-refractivity contribution >= 4 is 29.1 Å². The van der Waals surface area contributed by atoms with Gasteiger partial charge in [0, 0.05) is 20.9 Å². The first-order chi connectivity index (χ1) is 6.13. The summed E-state index contributed by atoms with van der Waals surface area (Å²) >= 11 is 7.46. The van der Waals surface area contributed by atoms with Crippen LogP contribution in [-0.2, 0) is 0 Å². The lowest BCUT2D eigenvalue weighted by Gasteiger charge is -2.08. The highest BCUT2D eigenvalue weighted by atomic mass is 35.5. The number of thioether (sulfide) groups is 1. The van der Waals surface area contributed by atoms with Gasteiger partial charge in [0.15, 0.2) is 0 Å². The Hall–Kier alpha value is -0.600. The van der Waals surface area contributed by atoms with Crippen LogP contribution >= 0.6 is 23.4 Å². The molecule has 1 atom stereocenters. The van der Waals surface area contributed by atoms with Crippen LogP contribution in [0.5, 0.6) is 0 Å². The van der Waals surface area contributed by atoms with Gasteiger partial charge in [0.05, 0.1) is 0 Å². The third-order valence-electron chi connectivity index (χ3n) is 1.62. The van der Waals surface area contributed by atoms with Crippen LogP contribution in [-0.4, -0.2) is 5.25 Å². The summed E-state index contributed by atoms with van der Waals surface area (Å²) in [6.07, 6.45) is 1.89. The molecule has 0 aliphatic heterocycles. The Morgan fingerprint density at radius 3 is 2.85 bits per heavy atom. The van der Waals surface area contributed by atoms with Gasteiger partial charge in [-0.15, -0.1) is 18.3 Å². The van der Waals surface area contributed by atoms with E-state index in [0.717, 1.165) is 10.6 Å². The number of rotatable bonds is 3. The number of halogens is 1. The maximum absolute atomic E-state index is 5.78. The minimum atomic E-state index is 0.364. The first-order valence-electron chi connectivity index (χ1n) is 3.97. The van der Waals surface area contributed by atoms with Crippen LogP contribution in [0.15, 0.2) is 35.7 Å². The third-order valence-corrected chi connectivity index (χ3v) is 3.04. The van der Waals surface area contributed by atoms with E-state index in [1.807, 2.05) is 18.2 Å². The molecule has 0 amide bonds. The molecule has 0 radical (unpaired) electrons. The lowest BCUT2D eigenvalue weighted by Crippen LogP contribution is -1.93. The molecule has 0 aliphatic rings. The summed E-state index contributed by atoms with van der Waals surface area (Å²) in [4.78, 5) is 1.05. The van der Waals surface area contributed by atoms with Gasteiger partial charge in [-0.25, -0.2) is 0 Å². The van der Waals surface area contributed by atoms with E-state index in [4.69, 9.17) is 17.3 Å². The number of nitrogens with two attached hydrogens (primary N) is 1. The minimum Gasteiger partial charge on any atom is -0.398 e. The molecule has 0 saturated heterocycles. The summed E-state index contributed by atoms with van der Waals surface area (Å²) in [7, 11) is 0. The maximum Gasteiger partial charge on any atom is 0.0467 e. The van der Waals surface area contributed by atoms with Crippen molar-refractivity contribution in [3.63, 3.8) is 0 Å². The molecule has 13 heavy (non-hydrogen) atoms. The average Bonchev–Trinajstić information content (AvgIpc) is 2.09. The van der Waals surface area contributed by atoms with Gasteiger partial charge in [0.1, 0.15) is 0 Å². The van der Waals surface area contributed by atoms with E-state index in [1.54, 1.807) is 17.8 Å². The molecule has 0 heterocycles. The highest BCUT2D eigenvalue weighted by Crippen LogP contribution is 2.30. The highest BCUT2D eigenvalue weighted by Gasteiger charge is 2.03. The molecule has 0 saturated carbocycles. The van der Waals surface area contributed by atoms with Gasteiger partial charge in [0.25, 0.3) is 0 Å². The number of benzene rings is 1. The normalized spacial score (nSPS) is 12.5. The van der Waals surface area contributed by atoms with E-state index in [9.17, 15) is 0 Å². The molecule has 0 fully saturated rings. The Morgan fingerprint density at radius 2 is 2.31 bits per heavy atom. The van der Waals surface area contributed by atoms with Gasteiger partial charge in [-0.3, -0.25) is 0 Å². The first-order valence-corrected chi connectivity index (χ1v) is 5.23. The van der Waals surface area contributed by atoms with Crippen molar-refractivity contribution in [2.24, 2.45) is 0 Å². The maximum atomic E-state index is 5.78. The first kappa shape index (κ1) is 10.5. The second kappa shape index (κ2) is 4.58. The predicted octanol–water partition coefficient (Wildman–Crippen LogP) is 3.59. The number of hydrogen-bond donors (Lipinski definition) is 1. The van der Waals surface area contributed by atoms with E-state index in [1.165, 1.54) is 0 Å². The number of nitrogen functional groups attached to an aromatic ring is 1. The molecule has 70 valence electrons. The van der Waals surface area contributed by atoms with Crippen LogP contribution in [0.2, 0.25) is 5.02 Å². The smallest absolute Gasteiger partial charge is 0.0467 e. The molecule has 0 aliphatic carbocycles. The molecule has 2 N–H and O–H groups in total. The summed E-state index contributed by atoms with van der Waals surface area (Å²) in [5.74, 6) is 0. The molecule has 0 spiro atoms. The fourth-order valence-electron chi connectivity index (χ4n) is 0.875. The minimum absolute atomic E-state index is 0.364. The Bertz CT molecular complexity index is 312. The van der Waals surface area contributed by atoms with Crippen molar-refractivity contribution in [2.45, 2.75) is 17.1 Å². The Kier molecular flexibility index (Phi) is 3.70. The molecule has 1 unspecified atom stereocenters. The third kappa shape index (κ3) is 2.98. The topological polar surface area (TPSA) is 26.0 Å². The lowest BCUT2D eigenvalue weighted by atomic mass is 10.3. The largest absolute Gasteiger partial charge is 0.398 e. The monoisotopic (exact) mass is 213 g/mol. The number of anilines is 1. The van der Waals surface area contributed by atoms with Gasteiger partial charge >= 0.3 is 0 Å². The predicted molar refractivity (Wildman–Crippen MR) is 61.4 cm³/mol. The fourth-order valence-corrected chi connectivity index (χ4v) is 1.89. The molecular formula is C10H12ClNS. The fraction of sp³-hybridized carbons (Fsp3) is 0.200. The van der Waals surface area contributed by atoms with Gasteiger partial charge in [0.2, 0.25) is 0 Å². The molecule has 3 heteroatoms. The van der Waals surface area contributed by atoms with Crippen molar-refractivity contribution in [3.8, 4) is 0 Å². The van der Waals surface area contributed by atoms with Crippen LogP contribution in [0, 0.1) is 0 Å². The van der Waals surface area contributed by atoms with Crippen LogP contribution in [0.4, 0.5) is 5.69 Å². The molecule has 0 aromatic heterocycles. The van der Waals surface area contributed by atoms with Crippen molar-refractivity contribution < 1.29 is 0 Å². The summed E-state index contributed by atoms with van der Waals surface area (Å²) in [5.41, 5.74) is 6.51.